The maximum atomic E-state index is 10.9. The summed E-state index contributed by atoms with van der Waals surface area (Å²) in [5, 5.41) is 19.1. The fraction of sp³-hybridized carbons (Fsp3) is 0.100. The quantitative estimate of drug-likeness (QED) is 0.570. The molecular formula is C20H17N3O3. The van der Waals surface area contributed by atoms with Crippen molar-refractivity contribution in [2.24, 2.45) is 7.05 Å². The molecule has 130 valence electrons. The van der Waals surface area contributed by atoms with E-state index in [0.29, 0.717) is 17.3 Å². The lowest BCUT2D eigenvalue weighted by Gasteiger charge is -2.09. The summed E-state index contributed by atoms with van der Waals surface area (Å²) in [5.74, 6) is 0.876. The summed E-state index contributed by atoms with van der Waals surface area (Å²) in [7, 11) is 1.81. The molecule has 6 heteroatoms. The number of fused-ring (bicyclic) bond motifs is 2. The third kappa shape index (κ3) is 2.93. The predicted molar refractivity (Wildman–Crippen MR) is 101 cm³/mol. The lowest BCUT2D eigenvalue weighted by atomic mass is 10.1. The smallest absolute Gasteiger partial charge is 0.322 e. The van der Waals surface area contributed by atoms with Crippen LogP contribution in [0, 0.1) is 0 Å². The van der Waals surface area contributed by atoms with Gasteiger partial charge in [0.25, 0.3) is 0 Å². The number of carboxylic acid groups (broad SMARTS) is 1. The Labute approximate surface area is 149 Å². The van der Waals surface area contributed by atoms with Crippen LogP contribution >= 0.6 is 0 Å². The second kappa shape index (κ2) is 6.40. The number of nitrogens with one attached hydrogen (secondary N) is 1. The number of ether oxygens (including phenoxy) is 1. The van der Waals surface area contributed by atoms with Crippen LogP contribution in [0.15, 0.2) is 60.7 Å². The molecule has 0 radical (unpaired) electrons. The minimum absolute atomic E-state index is 0.212. The minimum Gasteiger partial charge on any atom is -0.480 e. The van der Waals surface area contributed by atoms with Gasteiger partial charge in [-0.1, -0.05) is 36.4 Å². The molecule has 0 bridgehead atoms. The zero-order valence-electron chi connectivity index (χ0n) is 14.1. The van der Waals surface area contributed by atoms with Crippen LogP contribution in [0.2, 0.25) is 0 Å². The van der Waals surface area contributed by atoms with E-state index in [1.54, 1.807) is 4.68 Å². The summed E-state index contributed by atoms with van der Waals surface area (Å²) in [6.45, 7) is -0.212. The van der Waals surface area contributed by atoms with Gasteiger partial charge in [-0.3, -0.25) is 9.48 Å². The van der Waals surface area contributed by atoms with Crippen LogP contribution in [0.1, 0.15) is 0 Å². The van der Waals surface area contributed by atoms with Crippen molar-refractivity contribution in [2.75, 3.05) is 11.9 Å². The van der Waals surface area contributed by atoms with E-state index in [1.165, 1.54) is 0 Å². The Bertz CT molecular complexity index is 1120. The van der Waals surface area contributed by atoms with Crippen molar-refractivity contribution in [2.45, 2.75) is 0 Å². The number of anilines is 1. The fourth-order valence-electron chi connectivity index (χ4n) is 3.01. The summed E-state index contributed by atoms with van der Waals surface area (Å²) in [6, 6.07) is 19.6. The van der Waals surface area contributed by atoms with Crippen LogP contribution in [0.4, 0.5) is 5.82 Å². The first kappa shape index (κ1) is 16.0. The monoisotopic (exact) mass is 347 g/mol. The summed E-state index contributed by atoms with van der Waals surface area (Å²) in [4.78, 5) is 10.9. The van der Waals surface area contributed by atoms with E-state index in [4.69, 9.17) is 9.84 Å². The number of aliphatic carboxylic acids is 1. The van der Waals surface area contributed by atoms with Crippen LogP contribution in [-0.2, 0) is 11.8 Å². The molecule has 0 unspecified atom stereocenters. The lowest BCUT2D eigenvalue weighted by Crippen LogP contribution is -2.13. The Morgan fingerprint density at radius 1 is 1.12 bits per heavy atom. The number of nitrogens with zero attached hydrogens (tertiary/aromatic N) is 2. The molecule has 2 N–H and O–H groups in total. The van der Waals surface area contributed by atoms with Crippen molar-refractivity contribution in [3.63, 3.8) is 0 Å². The van der Waals surface area contributed by atoms with Crippen LogP contribution in [0.5, 0.6) is 11.5 Å². The number of carbonyl (C=O) groups is 1. The maximum Gasteiger partial charge on any atom is 0.322 e. The van der Waals surface area contributed by atoms with Gasteiger partial charge in [0.15, 0.2) is 5.82 Å². The third-order valence-corrected chi connectivity index (χ3v) is 4.20. The summed E-state index contributed by atoms with van der Waals surface area (Å²) < 4.78 is 7.82. The van der Waals surface area contributed by atoms with Crippen molar-refractivity contribution in [3.8, 4) is 11.5 Å². The molecule has 3 aromatic carbocycles. The van der Waals surface area contributed by atoms with Gasteiger partial charge < -0.3 is 15.2 Å². The molecule has 0 aliphatic carbocycles. The number of aromatic nitrogens is 2. The highest BCUT2D eigenvalue weighted by Gasteiger charge is 2.15. The number of hydrogen-bond donors (Lipinski definition) is 2. The van der Waals surface area contributed by atoms with E-state index in [0.717, 1.165) is 21.7 Å². The standard InChI is InChI=1S/C20H17N3O3/c1-23-16-7-4-8-17(19(16)20(22-23)21-12-18(24)25)26-15-10-9-13-5-2-3-6-14(13)11-15/h2-11H,12H2,1H3,(H,21,22)(H,24,25). The number of aryl methyl sites for hydroxylation is 1. The second-order valence-corrected chi connectivity index (χ2v) is 5.98. The number of benzene rings is 3. The highest BCUT2D eigenvalue weighted by atomic mass is 16.5. The largest absolute Gasteiger partial charge is 0.480 e. The maximum absolute atomic E-state index is 10.9. The molecule has 0 saturated carbocycles. The van der Waals surface area contributed by atoms with E-state index in [-0.39, 0.29) is 6.54 Å². The van der Waals surface area contributed by atoms with E-state index >= 15 is 0 Å². The molecular weight excluding hydrogens is 330 g/mol. The molecule has 0 saturated heterocycles. The molecule has 26 heavy (non-hydrogen) atoms. The average molecular weight is 347 g/mol. The first-order valence-electron chi connectivity index (χ1n) is 8.20. The number of carboxylic acids is 1. The molecule has 0 amide bonds. The van der Waals surface area contributed by atoms with E-state index in [1.807, 2.05) is 61.6 Å². The van der Waals surface area contributed by atoms with Crippen LogP contribution in [-0.4, -0.2) is 27.4 Å². The van der Waals surface area contributed by atoms with Gasteiger partial charge in [-0.05, 0) is 35.0 Å². The molecule has 0 fully saturated rings. The molecule has 0 spiro atoms. The van der Waals surface area contributed by atoms with Gasteiger partial charge in [0.1, 0.15) is 18.0 Å². The highest BCUT2D eigenvalue weighted by Crippen LogP contribution is 2.35. The van der Waals surface area contributed by atoms with Crippen molar-refractivity contribution in [3.05, 3.63) is 60.7 Å². The first-order chi connectivity index (χ1) is 12.6. The Kier molecular flexibility index (Phi) is 3.93. The van der Waals surface area contributed by atoms with Gasteiger partial charge in [-0.25, -0.2) is 0 Å². The number of hydrogen-bond acceptors (Lipinski definition) is 4. The molecule has 0 atom stereocenters. The molecule has 0 aliphatic heterocycles. The van der Waals surface area contributed by atoms with E-state index < -0.39 is 5.97 Å². The first-order valence-corrected chi connectivity index (χ1v) is 8.20. The molecule has 6 nitrogen and oxygen atoms in total. The van der Waals surface area contributed by atoms with Gasteiger partial charge in [-0.15, -0.1) is 0 Å². The van der Waals surface area contributed by atoms with Crippen LogP contribution in [0.3, 0.4) is 0 Å². The molecule has 1 aromatic heterocycles. The Balaban J connectivity index is 1.76. The van der Waals surface area contributed by atoms with Gasteiger partial charge in [0.05, 0.1) is 10.9 Å². The van der Waals surface area contributed by atoms with Crippen molar-refractivity contribution < 1.29 is 14.6 Å². The van der Waals surface area contributed by atoms with Crippen LogP contribution in [0.25, 0.3) is 21.7 Å². The normalized spacial score (nSPS) is 11.0. The van der Waals surface area contributed by atoms with Crippen LogP contribution < -0.4 is 10.1 Å². The second-order valence-electron chi connectivity index (χ2n) is 5.98. The lowest BCUT2D eigenvalue weighted by molar-refractivity contribution is -0.134. The zero-order valence-corrected chi connectivity index (χ0v) is 14.1. The topological polar surface area (TPSA) is 76.4 Å². The van der Waals surface area contributed by atoms with E-state index in [2.05, 4.69) is 16.5 Å². The minimum atomic E-state index is -0.947. The Morgan fingerprint density at radius 2 is 1.92 bits per heavy atom. The molecule has 0 aliphatic rings. The number of rotatable bonds is 5. The highest BCUT2D eigenvalue weighted by molar-refractivity contribution is 5.96. The predicted octanol–water partition coefficient (Wildman–Crippen LogP) is 4.02. The van der Waals surface area contributed by atoms with Gasteiger partial charge in [-0.2, -0.15) is 5.10 Å². The van der Waals surface area contributed by atoms with Gasteiger partial charge in [0, 0.05) is 7.05 Å². The fourth-order valence-corrected chi connectivity index (χ4v) is 3.01. The molecule has 1 heterocycles. The SMILES string of the molecule is Cn1nc(NCC(=O)O)c2c(Oc3ccc4ccccc4c3)cccc21. The zero-order chi connectivity index (χ0) is 18.1. The van der Waals surface area contributed by atoms with Crippen molar-refractivity contribution in [1.82, 2.24) is 9.78 Å². The summed E-state index contributed by atoms with van der Waals surface area (Å²) in [5.41, 5.74) is 0.858. The summed E-state index contributed by atoms with van der Waals surface area (Å²) in [6.07, 6.45) is 0. The van der Waals surface area contributed by atoms with Gasteiger partial charge >= 0.3 is 5.97 Å². The van der Waals surface area contributed by atoms with Crippen molar-refractivity contribution >= 4 is 33.5 Å². The summed E-state index contributed by atoms with van der Waals surface area (Å²) >= 11 is 0. The Morgan fingerprint density at radius 3 is 2.73 bits per heavy atom. The molecule has 4 aromatic rings. The van der Waals surface area contributed by atoms with E-state index in [9.17, 15) is 4.79 Å². The molecule has 4 rings (SSSR count). The third-order valence-electron chi connectivity index (χ3n) is 4.20. The van der Waals surface area contributed by atoms with Crippen molar-refractivity contribution in [1.29, 1.82) is 0 Å². The Hall–Kier alpha value is -3.54. The average Bonchev–Trinajstić information content (AvgIpc) is 2.97. The van der Waals surface area contributed by atoms with Gasteiger partial charge in [0.2, 0.25) is 0 Å².